The van der Waals surface area contributed by atoms with Gasteiger partial charge in [-0.1, -0.05) is 29.8 Å². The van der Waals surface area contributed by atoms with Crippen molar-refractivity contribution in [1.29, 1.82) is 0 Å². The summed E-state index contributed by atoms with van der Waals surface area (Å²) in [5, 5.41) is 6.45. The Bertz CT molecular complexity index is 658. The number of aryl methyl sites for hydroxylation is 1. The lowest BCUT2D eigenvalue weighted by Gasteiger charge is -2.14. The van der Waals surface area contributed by atoms with Gasteiger partial charge in [0.1, 0.15) is 5.82 Å². The van der Waals surface area contributed by atoms with E-state index in [1.807, 2.05) is 31.2 Å². The van der Waals surface area contributed by atoms with Crippen molar-refractivity contribution in [2.45, 2.75) is 19.9 Å². The standard InChI is InChI=1S/C17H18ClFN2O/c1-11-3-8-15(9-16(11)19)21-17(22)10-20-12(2)13-4-6-14(18)7-5-13/h3-9,12,20H,10H2,1-2H3,(H,21,22)/t12-/m1/s1. The molecular formula is C17H18ClFN2O. The average Bonchev–Trinajstić information content (AvgIpc) is 2.49. The maximum Gasteiger partial charge on any atom is 0.238 e. The molecule has 2 N–H and O–H groups in total. The molecule has 116 valence electrons. The van der Waals surface area contributed by atoms with Crippen molar-refractivity contribution in [3.05, 3.63) is 64.4 Å². The maximum atomic E-state index is 13.4. The molecule has 0 saturated carbocycles. The zero-order valence-electron chi connectivity index (χ0n) is 12.5. The van der Waals surface area contributed by atoms with E-state index in [-0.39, 0.29) is 24.3 Å². The first-order chi connectivity index (χ1) is 10.5. The van der Waals surface area contributed by atoms with Crippen molar-refractivity contribution < 1.29 is 9.18 Å². The molecule has 0 saturated heterocycles. The largest absolute Gasteiger partial charge is 0.325 e. The number of carbonyl (C=O) groups is 1. The normalized spacial score (nSPS) is 12.0. The van der Waals surface area contributed by atoms with E-state index in [1.165, 1.54) is 6.07 Å². The average molecular weight is 321 g/mol. The molecule has 2 aromatic carbocycles. The fourth-order valence-corrected chi connectivity index (χ4v) is 2.12. The third kappa shape index (κ3) is 4.55. The van der Waals surface area contributed by atoms with Gasteiger partial charge in [0.15, 0.2) is 0 Å². The molecule has 3 nitrogen and oxygen atoms in total. The molecule has 22 heavy (non-hydrogen) atoms. The van der Waals surface area contributed by atoms with E-state index in [0.29, 0.717) is 16.3 Å². The minimum absolute atomic E-state index is 0.0118. The summed E-state index contributed by atoms with van der Waals surface area (Å²) < 4.78 is 13.4. The van der Waals surface area contributed by atoms with E-state index in [4.69, 9.17) is 11.6 Å². The summed E-state index contributed by atoms with van der Waals surface area (Å²) in [6.45, 7) is 3.78. The van der Waals surface area contributed by atoms with Crippen molar-refractivity contribution in [3.63, 3.8) is 0 Å². The Morgan fingerprint density at radius 3 is 2.55 bits per heavy atom. The molecule has 0 bridgehead atoms. The molecule has 2 rings (SSSR count). The lowest BCUT2D eigenvalue weighted by Crippen LogP contribution is -2.30. The second-order valence-electron chi connectivity index (χ2n) is 5.17. The first-order valence-corrected chi connectivity index (χ1v) is 7.38. The Labute approximate surface area is 134 Å². The highest BCUT2D eigenvalue weighted by molar-refractivity contribution is 6.30. The molecule has 0 radical (unpaired) electrons. The van der Waals surface area contributed by atoms with Crippen molar-refractivity contribution in [2.75, 3.05) is 11.9 Å². The number of nitrogens with one attached hydrogen (secondary N) is 2. The van der Waals surface area contributed by atoms with E-state index in [1.54, 1.807) is 19.1 Å². The van der Waals surface area contributed by atoms with Gasteiger partial charge in [0.05, 0.1) is 6.54 Å². The van der Waals surface area contributed by atoms with Gasteiger partial charge in [0.2, 0.25) is 5.91 Å². The van der Waals surface area contributed by atoms with Crippen LogP contribution in [0.4, 0.5) is 10.1 Å². The Balaban J connectivity index is 1.86. The van der Waals surface area contributed by atoms with Crippen LogP contribution in [-0.4, -0.2) is 12.5 Å². The van der Waals surface area contributed by atoms with Gasteiger partial charge in [0, 0.05) is 16.8 Å². The van der Waals surface area contributed by atoms with Crippen LogP contribution in [0.25, 0.3) is 0 Å². The first kappa shape index (κ1) is 16.5. The van der Waals surface area contributed by atoms with E-state index in [2.05, 4.69) is 10.6 Å². The quantitative estimate of drug-likeness (QED) is 0.871. The Kier molecular flexibility index (Phi) is 5.52. The molecule has 1 atom stereocenters. The van der Waals surface area contributed by atoms with Gasteiger partial charge < -0.3 is 10.6 Å². The molecule has 5 heteroatoms. The summed E-state index contributed by atoms with van der Waals surface area (Å²) >= 11 is 5.84. The number of benzene rings is 2. The van der Waals surface area contributed by atoms with Crippen LogP contribution < -0.4 is 10.6 Å². The van der Waals surface area contributed by atoms with E-state index >= 15 is 0 Å². The summed E-state index contributed by atoms with van der Waals surface area (Å²) in [6, 6.07) is 12.1. The lowest BCUT2D eigenvalue weighted by atomic mass is 10.1. The van der Waals surface area contributed by atoms with Gasteiger partial charge in [-0.15, -0.1) is 0 Å². The molecule has 2 aromatic rings. The smallest absolute Gasteiger partial charge is 0.238 e. The van der Waals surface area contributed by atoms with Crippen LogP contribution in [0.1, 0.15) is 24.1 Å². The molecule has 1 amide bonds. The van der Waals surface area contributed by atoms with Crippen molar-refractivity contribution >= 4 is 23.2 Å². The highest BCUT2D eigenvalue weighted by Crippen LogP contribution is 2.16. The van der Waals surface area contributed by atoms with Crippen LogP contribution in [0.2, 0.25) is 5.02 Å². The number of amides is 1. The molecule has 0 aliphatic carbocycles. The Morgan fingerprint density at radius 2 is 1.91 bits per heavy atom. The topological polar surface area (TPSA) is 41.1 Å². The number of hydrogen-bond donors (Lipinski definition) is 2. The number of halogens is 2. The van der Waals surface area contributed by atoms with E-state index in [9.17, 15) is 9.18 Å². The minimum atomic E-state index is -0.333. The lowest BCUT2D eigenvalue weighted by molar-refractivity contribution is -0.115. The monoisotopic (exact) mass is 320 g/mol. The summed E-state index contributed by atoms with van der Waals surface area (Å²) in [6.07, 6.45) is 0. The van der Waals surface area contributed by atoms with Crippen LogP contribution in [0.5, 0.6) is 0 Å². The second-order valence-corrected chi connectivity index (χ2v) is 5.60. The fraction of sp³-hybridized carbons (Fsp3) is 0.235. The van der Waals surface area contributed by atoms with Crippen LogP contribution in [0.15, 0.2) is 42.5 Å². The third-order valence-corrected chi connectivity index (χ3v) is 3.65. The van der Waals surface area contributed by atoms with E-state index in [0.717, 1.165) is 5.56 Å². The third-order valence-electron chi connectivity index (χ3n) is 3.39. The molecule has 0 unspecified atom stereocenters. The summed E-state index contributed by atoms with van der Waals surface area (Å²) in [4.78, 5) is 11.9. The Hall–Kier alpha value is -1.91. The molecule has 0 spiro atoms. The highest BCUT2D eigenvalue weighted by atomic mass is 35.5. The van der Waals surface area contributed by atoms with Crippen LogP contribution in [0, 0.1) is 12.7 Å². The van der Waals surface area contributed by atoms with Gasteiger partial charge in [-0.05, 0) is 49.2 Å². The second kappa shape index (κ2) is 7.38. The molecule has 0 aromatic heterocycles. The van der Waals surface area contributed by atoms with Crippen LogP contribution in [-0.2, 0) is 4.79 Å². The predicted octanol–water partition coefficient (Wildman–Crippen LogP) is 4.08. The molecule has 0 heterocycles. The van der Waals surface area contributed by atoms with Crippen LogP contribution >= 0.6 is 11.6 Å². The van der Waals surface area contributed by atoms with Gasteiger partial charge >= 0.3 is 0 Å². The number of hydrogen-bond acceptors (Lipinski definition) is 2. The number of rotatable bonds is 5. The minimum Gasteiger partial charge on any atom is -0.325 e. The molecule has 0 aliphatic rings. The van der Waals surface area contributed by atoms with Crippen molar-refractivity contribution in [2.24, 2.45) is 0 Å². The van der Waals surface area contributed by atoms with Gasteiger partial charge in [0.25, 0.3) is 0 Å². The summed E-state index contributed by atoms with van der Waals surface area (Å²) in [7, 11) is 0. The highest BCUT2D eigenvalue weighted by Gasteiger charge is 2.08. The molecule has 0 fully saturated rings. The Morgan fingerprint density at radius 1 is 1.23 bits per heavy atom. The molecular weight excluding hydrogens is 303 g/mol. The molecule has 0 aliphatic heterocycles. The van der Waals surface area contributed by atoms with Crippen molar-refractivity contribution in [3.8, 4) is 0 Å². The number of anilines is 1. The number of carbonyl (C=O) groups excluding carboxylic acids is 1. The van der Waals surface area contributed by atoms with E-state index < -0.39 is 0 Å². The predicted molar refractivity (Wildman–Crippen MR) is 87.6 cm³/mol. The van der Waals surface area contributed by atoms with Gasteiger partial charge in [-0.3, -0.25) is 4.79 Å². The zero-order chi connectivity index (χ0) is 16.1. The SMILES string of the molecule is Cc1ccc(NC(=O)CN[C@H](C)c2ccc(Cl)cc2)cc1F. The van der Waals surface area contributed by atoms with Crippen LogP contribution in [0.3, 0.4) is 0 Å². The zero-order valence-corrected chi connectivity index (χ0v) is 13.2. The van der Waals surface area contributed by atoms with Gasteiger partial charge in [-0.25, -0.2) is 4.39 Å². The summed E-state index contributed by atoms with van der Waals surface area (Å²) in [5.41, 5.74) is 2.04. The summed E-state index contributed by atoms with van der Waals surface area (Å²) in [5.74, 6) is -0.552. The fourth-order valence-electron chi connectivity index (χ4n) is 1.99. The van der Waals surface area contributed by atoms with Crippen molar-refractivity contribution in [1.82, 2.24) is 5.32 Å². The maximum absolute atomic E-state index is 13.4. The first-order valence-electron chi connectivity index (χ1n) is 7.00. The van der Waals surface area contributed by atoms with Gasteiger partial charge in [-0.2, -0.15) is 0 Å².